The van der Waals surface area contributed by atoms with Gasteiger partial charge in [0.2, 0.25) is 0 Å². The Bertz CT molecular complexity index is 369. The van der Waals surface area contributed by atoms with Crippen LogP contribution in [0.3, 0.4) is 0 Å². The van der Waals surface area contributed by atoms with Gasteiger partial charge in [0.15, 0.2) is 5.75 Å². The molecule has 6 heteroatoms. The van der Waals surface area contributed by atoms with Gasteiger partial charge < -0.3 is 9.74 Å². The first-order valence-electron chi connectivity index (χ1n) is 4.10. The van der Waals surface area contributed by atoms with Crippen molar-refractivity contribution in [3.8, 4) is 5.75 Å². The molecule has 2 amide bonds. The van der Waals surface area contributed by atoms with Gasteiger partial charge in [0.25, 0.3) is 0 Å². The monoisotopic (exact) mass is 248 g/mol. The van der Waals surface area contributed by atoms with Crippen LogP contribution in [0.1, 0.15) is 0 Å². The van der Waals surface area contributed by atoms with Gasteiger partial charge in [-0.1, -0.05) is 23.2 Å². The van der Waals surface area contributed by atoms with Crippen molar-refractivity contribution in [1.29, 1.82) is 0 Å². The van der Waals surface area contributed by atoms with Crippen LogP contribution in [0.5, 0.6) is 5.75 Å². The van der Waals surface area contributed by atoms with Crippen molar-refractivity contribution in [1.82, 2.24) is 10.4 Å². The first-order valence-corrected chi connectivity index (χ1v) is 4.85. The molecule has 0 radical (unpaired) electrons. The van der Waals surface area contributed by atoms with E-state index in [1.54, 1.807) is 26.2 Å². The summed E-state index contributed by atoms with van der Waals surface area (Å²) in [6, 6.07) is 4.34. The van der Waals surface area contributed by atoms with Crippen LogP contribution in [0.25, 0.3) is 0 Å². The number of amides is 2. The van der Waals surface area contributed by atoms with Crippen LogP contribution in [0, 0.1) is 0 Å². The Kier molecular flexibility index (Phi) is 4.05. The van der Waals surface area contributed by atoms with Crippen molar-refractivity contribution in [3.05, 3.63) is 28.2 Å². The van der Waals surface area contributed by atoms with Crippen LogP contribution in [0.15, 0.2) is 18.2 Å². The molecule has 0 aliphatic rings. The molecule has 1 rings (SSSR count). The van der Waals surface area contributed by atoms with E-state index in [1.807, 2.05) is 0 Å². The quantitative estimate of drug-likeness (QED) is 0.818. The summed E-state index contributed by atoms with van der Waals surface area (Å²) in [4.78, 5) is 17.4. The van der Waals surface area contributed by atoms with Gasteiger partial charge in [-0.25, -0.2) is 4.79 Å². The molecule has 0 saturated heterocycles. The third kappa shape index (κ3) is 3.49. The highest BCUT2D eigenvalue weighted by molar-refractivity contribution is 6.35. The van der Waals surface area contributed by atoms with E-state index in [9.17, 15) is 4.79 Å². The number of hydrogen-bond acceptors (Lipinski definition) is 2. The molecule has 0 bridgehead atoms. The van der Waals surface area contributed by atoms with Crippen LogP contribution in [-0.4, -0.2) is 25.0 Å². The lowest BCUT2D eigenvalue weighted by molar-refractivity contribution is 0.157. The number of benzene rings is 1. The SMILES string of the molecule is CN(C)C(=O)NOc1ccc(Cl)cc1Cl. The largest absolute Gasteiger partial charge is 0.376 e. The summed E-state index contributed by atoms with van der Waals surface area (Å²) < 4.78 is 0. The van der Waals surface area contributed by atoms with E-state index in [1.165, 1.54) is 11.0 Å². The summed E-state index contributed by atoms with van der Waals surface area (Å²) in [5.74, 6) is 0.344. The number of urea groups is 1. The predicted molar refractivity (Wildman–Crippen MR) is 59.3 cm³/mol. The molecule has 0 aliphatic carbocycles. The van der Waals surface area contributed by atoms with Gasteiger partial charge in [0, 0.05) is 19.1 Å². The predicted octanol–water partition coefficient (Wildman–Crippen LogP) is 2.56. The molecule has 0 aliphatic heterocycles. The first-order chi connectivity index (χ1) is 7.00. The molecule has 0 saturated carbocycles. The Labute approximate surface area is 97.7 Å². The van der Waals surface area contributed by atoms with Crippen LogP contribution < -0.4 is 10.3 Å². The van der Waals surface area contributed by atoms with Gasteiger partial charge in [-0.3, -0.25) is 0 Å². The molecule has 82 valence electrons. The smallest absolute Gasteiger partial charge is 0.349 e. The lowest BCUT2D eigenvalue weighted by Crippen LogP contribution is -2.36. The summed E-state index contributed by atoms with van der Waals surface area (Å²) in [6.45, 7) is 0. The molecule has 15 heavy (non-hydrogen) atoms. The third-order valence-corrected chi connectivity index (χ3v) is 2.08. The summed E-state index contributed by atoms with van der Waals surface area (Å²) in [5.41, 5.74) is 2.22. The average Bonchev–Trinajstić information content (AvgIpc) is 2.15. The minimum Gasteiger partial charge on any atom is -0.376 e. The Balaban J connectivity index is 2.62. The van der Waals surface area contributed by atoms with E-state index >= 15 is 0 Å². The Morgan fingerprint density at radius 1 is 1.40 bits per heavy atom. The highest BCUT2D eigenvalue weighted by Crippen LogP contribution is 2.26. The summed E-state index contributed by atoms with van der Waals surface area (Å²) in [7, 11) is 3.20. The lowest BCUT2D eigenvalue weighted by Gasteiger charge is -2.12. The topological polar surface area (TPSA) is 41.6 Å². The average molecular weight is 249 g/mol. The zero-order valence-corrected chi connectivity index (χ0v) is 9.76. The number of carbonyl (C=O) groups is 1. The second-order valence-corrected chi connectivity index (χ2v) is 3.82. The minimum atomic E-state index is -0.374. The maximum absolute atomic E-state index is 11.1. The minimum absolute atomic E-state index is 0.335. The van der Waals surface area contributed by atoms with E-state index in [2.05, 4.69) is 5.48 Å². The van der Waals surface area contributed by atoms with Crippen molar-refractivity contribution in [3.63, 3.8) is 0 Å². The van der Waals surface area contributed by atoms with Gasteiger partial charge in [-0.05, 0) is 18.2 Å². The number of hydroxylamine groups is 1. The van der Waals surface area contributed by atoms with Gasteiger partial charge >= 0.3 is 6.03 Å². The second kappa shape index (κ2) is 5.09. The van der Waals surface area contributed by atoms with E-state index in [4.69, 9.17) is 28.0 Å². The van der Waals surface area contributed by atoms with Crippen LogP contribution in [0.4, 0.5) is 4.79 Å². The fourth-order valence-electron chi connectivity index (χ4n) is 0.748. The summed E-state index contributed by atoms with van der Waals surface area (Å²) in [6.07, 6.45) is 0. The van der Waals surface area contributed by atoms with Crippen LogP contribution in [-0.2, 0) is 0 Å². The molecule has 0 aromatic heterocycles. The lowest BCUT2D eigenvalue weighted by atomic mass is 10.3. The van der Waals surface area contributed by atoms with Crippen molar-refractivity contribution in [2.24, 2.45) is 0 Å². The maximum atomic E-state index is 11.1. The van der Waals surface area contributed by atoms with Crippen LogP contribution >= 0.6 is 23.2 Å². The standard InChI is InChI=1S/C9H10Cl2N2O2/c1-13(2)9(14)12-15-8-4-3-6(10)5-7(8)11/h3-5H,1-2H3,(H,12,14). The van der Waals surface area contributed by atoms with Gasteiger partial charge in [0.05, 0.1) is 5.02 Å². The molecule has 0 atom stereocenters. The number of rotatable bonds is 2. The summed E-state index contributed by atoms with van der Waals surface area (Å²) in [5, 5.41) is 0.841. The molecule has 0 fully saturated rings. The number of halogens is 2. The van der Waals surface area contributed by atoms with Crippen molar-refractivity contribution < 1.29 is 9.63 Å². The fourth-order valence-corrected chi connectivity index (χ4v) is 1.19. The zero-order valence-electron chi connectivity index (χ0n) is 8.25. The number of carbonyl (C=O) groups excluding carboxylic acids is 1. The Morgan fingerprint density at radius 3 is 2.60 bits per heavy atom. The first kappa shape index (κ1) is 11.9. The summed E-state index contributed by atoms with van der Waals surface area (Å²) >= 11 is 11.5. The molecule has 0 spiro atoms. The molecule has 0 heterocycles. The Morgan fingerprint density at radius 2 is 2.07 bits per heavy atom. The van der Waals surface area contributed by atoms with E-state index in [0.717, 1.165) is 0 Å². The van der Waals surface area contributed by atoms with Gasteiger partial charge in [0.1, 0.15) is 0 Å². The fraction of sp³-hybridized carbons (Fsp3) is 0.222. The van der Waals surface area contributed by atoms with Gasteiger partial charge in [-0.2, -0.15) is 5.48 Å². The van der Waals surface area contributed by atoms with Crippen molar-refractivity contribution in [2.45, 2.75) is 0 Å². The second-order valence-electron chi connectivity index (χ2n) is 2.98. The highest BCUT2D eigenvalue weighted by atomic mass is 35.5. The Hall–Kier alpha value is -1.13. The normalized spacial score (nSPS) is 9.60. The number of nitrogens with zero attached hydrogens (tertiary/aromatic N) is 1. The number of hydrogen-bond donors (Lipinski definition) is 1. The molecule has 1 aromatic carbocycles. The van der Waals surface area contributed by atoms with E-state index in [-0.39, 0.29) is 6.03 Å². The molecular formula is C9H10Cl2N2O2. The number of nitrogens with one attached hydrogen (secondary N) is 1. The zero-order chi connectivity index (χ0) is 11.4. The highest BCUT2D eigenvalue weighted by Gasteiger charge is 2.06. The van der Waals surface area contributed by atoms with E-state index in [0.29, 0.717) is 15.8 Å². The van der Waals surface area contributed by atoms with E-state index < -0.39 is 0 Å². The van der Waals surface area contributed by atoms with Gasteiger partial charge in [-0.15, -0.1) is 0 Å². The van der Waals surface area contributed by atoms with Crippen molar-refractivity contribution in [2.75, 3.05) is 14.1 Å². The molecule has 1 aromatic rings. The molecular weight excluding hydrogens is 239 g/mol. The molecule has 4 nitrogen and oxygen atoms in total. The molecule has 1 N–H and O–H groups in total. The van der Waals surface area contributed by atoms with Crippen molar-refractivity contribution >= 4 is 29.2 Å². The maximum Gasteiger partial charge on any atom is 0.349 e. The molecule has 0 unspecified atom stereocenters. The van der Waals surface area contributed by atoms with Crippen LogP contribution in [0.2, 0.25) is 10.0 Å². The third-order valence-electron chi connectivity index (χ3n) is 1.55.